The van der Waals surface area contributed by atoms with Gasteiger partial charge in [0.25, 0.3) is 0 Å². The standard InChI is InChI=1S/C20H45NOP/c1-6-8-9-10-11-12-13-14-15-16-18-21(3,4)19-17-20-23(5)22-7-2/h23H,5-20H2,1-4H3/q+1. The highest BCUT2D eigenvalue weighted by atomic mass is 31.1. The lowest BCUT2D eigenvalue weighted by molar-refractivity contribution is -0.890. The molecule has 0 aromatic rings. The fourth-order valence-electron chi connectivity index (χ4n) is 3.12. The molecule has 0 aromatic heterocycles. The molecule has 0 rings (SSSR count). The van der Waals surface area contributed by atoms with Crippen molar-refractivity contribution in [1.82, 2.24) is 0 Å². The summed E-state index contributed by atoms with van der Waals surface area (Å²) in [5.74, 6) is 0. The molecule has 0 aliphatic heterocycles. The Labute approximate surface area is 148 Å². The Hall–Kier alpha value is 0.220. The van der Waals surface area contributed by atoms with Crippen LogP contribution in [0.25, 0.3) is 0 Å². The molecule has 0 N–H and O–H groups in total. The van der Waals surface area contributed by atoms with Crippen molar-refractivity contribution < 1.29 is 9.01 Å². The third-order valence-electron chi connectivity index (χ3n) is 4.68. The zero-order chi connectivity index (χ0) is 17.4. The minimum absolute atomic E-state index is 0.766. The molecule has 0 aliphatic rings. The maximum absolute atomic E-state index is 5.61. The molecule has 2 nitrogen and oxygen atoms in total. The highest BCUT2D eigenvalue weighted by Gasteiger charge is 2.13. The molecule has 1 unspecified atom stereocenters. The molecule has 1 atom stereocenters. The van der Waals surface area contributed by atoms with E-state index in [4.69, 9.17) is 4.52 Å². The van der Waals surface area contributed by atoms with Crippen LogP contribution in [0.15, 0.2) is 0 Å². The second kappa shape index (κ2) is 15.7. The zero-order valence-electron chi connectivity index (χ0n) is 16.7. The average Bonchev–Trinajstić information content (AvgIpc) is 2.49. The van der Waals surface area contributed by atoms with Crippen LogP contribution in [-0.4, -0.2) is 50.7 Å². The maximum atomic E-state index is 5.61. The van der Waals surface area contributed by atoms with Crippen molar-refractivity contribution in [1.29, 1.82) is 0 Å². The fourth-order valence-corrected chi connectivity index (χ4v) is 4.22. The van der Waals surface area contributed by atoms with E-state index in [1.165, 1.54) is 89.9 Å². The van der Waals surface area contributed by atoms with Crippen molar-refractivity contribution in [2.45, 2.75) is 84.5 Å². The van der Waals surface area contributed by atoms with Crippen LogP contribution in [0, 0.1) is 0 Å². The van der Waals surface area contributed by atoms with Crippen molar-refractivity contribution in [3.05, 3.63) is 0 Å². The van der Waals surface area contributed by atoms with Gasteiger partial charge in [-0.1, -0.05) is 64.6 Å². The van der Waals surface area contributed by atoms with E-state index in [2.05, 4.69) is 34.2 Å². The van der Waals surface area contributed by atoms with Crippen LogP contribution >= 0.6 is 7.77 Å². The van der Waals surface area contributed by atoms with E-state index in [0.717, 1.165) is 11.1 Å². The van der Waals surface area contributed by atoms with Gasteiger partial charge in [0.2, 0.25) is 0 Å². The van der Waals surface area contributed by atoms with Crippen molar-refractivity contribution in [3.63, 3.8) is 0 Å². The van der Waals surface area contributed by atoms with Crippen LogP contribution in [0.3, 0.4) is 0 Å². The lowest BCUT2D eigenvalue weighted by Crippen LogP contribution is -2.41. The predicted molar refractivity (Wildman–Crippen MR) is 110 cm³/mol. The summed E-state index contributed by atoms with van der Waals surface area (Å²) in [6.45, 7) is 7.78. The Kier molecular flexibility index (Phi) is 15.9. The van der Waals surface area contributed by atoms with E-state index >= 15 is 0 Å². The van der Waals surface area contributed by atoms with Crippen molar-refractivity contribution in [2.75, 3.05) is 40.0 Å². The first-order valence-corrected chi connectivity index (χ1v) is 12.0. The van der Waals surface area contributed by atoms with Crippen LogP contribution < -0.4 is 0 Å². The number of quaternary nitrogens is 1. The van der Waals surface area contributed by atoms with Crippen LogP contribution in [0.4, 0.5) is 0 Å². The maximum Gasteiger partial charge on any atom is 0.0786 e. The molecule has 0 amide bonds. The molecule has 0 spiro atoms. The van der Waals surface area contributed by atoms with Gasteiger partial charge in [-0.25, -0.2) is 0 Å². The molecule has 0 aromatic carbocycles. The topological polar surface area (TPSA) is 9.23 Å². The number of unbranched alkanes of at least 4 members (excludes halogenated alkanes) is 9. The van der Waals surface area contributed by atoms with Crippen LogP contribution in [0.1, 0.15) is 84.5 Å². The van der Waals surface area contributed by atoms with E-state index in [-0.39, 0.29) is 0 Å². The highest BCUT2D eigenvalue weighted by Crippen LogP contribution is 2.22. The summed E-state index contributed by atoms with van der Waals surface area (Å²) in [7, 11) is 3.99. The first-order valence-electron chi connectivity index (χ1n) is 10.1. The Morgan fingerprint density at radius 2 is 1.22 bits per heavy atom. The molecule has 0 fully saturated rings. The highest BCUT2D eigenvalue weighted by molar-refractivity contribution is 7.50. The van der Waals surface area contributed by atoms with Gasteiger partial charge in [-0.2, -0.15) is 0 Å². The molecule has 0 aliphatic carbocycles. The summed E-state index contributed by atoms with van der Waals surface area (Å²) in [4.78, 5) is 0. The number of nitrogens with zero attached hydrogens (tertiary/aromatic N) is 1. The second-order valence-electron chi connectivity index (χ2n) is 7.64. The van der Waals surface area contributed by atoms with Crippen LogP contribution in [-0.2, 0) is 4.52 Å². The predicted octanol–water partition coefficient (Wildman–Crippen LogP) is 5.97. The zero-order valence-corrected chi connectivity index (χ0v) is 17.7. The van der Waals surface area contributed by atoms with Crippen molar-refractivity contribution in [2.24, 2.45) is 0 Å². The van der Waals surface area contributed by atoms with Crippen molar-refractivity contribution in [3.8, 4) is 0 Å². The van der Waals surface area contributed by atoms with Gasteiger partial charge < -0.3 is 9.01 Å². The summed E-state index contributed by atoms with van der Waals surface area (Å²) in [5, 5.41) is 0. The minimum atomic E-state index is -0.766. The largest absolute Gasteiger partial charge is 0.365 e. The minimum Gasteiger partial charge on any atom is -0.365 e. The van der Waals surface area contributed by atoms with Gasteiger partial charge in [0.1, 0.15) is 0 Å². The monoisotopic (exact) mass is 346 g/mol. The molecule has 23 heavy (non-hydrogen) atoms. The first kappa shape index (κ1) is 23.2. The fraction of sp³-hybridized carbons (Fsp3) is 0.950. The van der Waals surface area contributed by atoms with E-state index in [1.54, 1.807) is 0 Å². The second-order valence-corrected chi connectivity index (χ2v) is 9.51. The molecule has 0 saturated carbocycles. The number of hydrogen-bond acceptors (Lipinski definition) is 1. The Morgan fingerprint density at radius 3 is 1.74 bits per heavy atom. The van der Waals surface area contributed by atoms with Gasteiger partial charge in [0.15, 0.2) is 0 Å². The van der Waals surface area contributed by atoms with Gasteiger partial charge in [-0.15, -0.1) is 0 Å². The summed E-state index contributed by atoms with van der Waals surface area (Å²) in [5.41, 5.74) is 0. The quantitative estimate of drug-likeness (QED) is 0.179. The average molecular weight is 347 g/mol. The molecular weight excluding hydrogens is 301 g/mol. The van der Waals surface area contributed by atoms with Crippen molar-refractivity contribution >= 4 is 14.1 Å². The third-order valence-corrected chi connectivity index (χ3v) is 6.29. The van der Waals surface area contributed by atoms with Crippen LogP contribution in [0.2, 0.25) is 0 Å². The molecule has 0 saturated heterocycles. The molecule has 0 heterocycles. The number of hydrogen-bond donors (Lipinski definition) is 0. The summed E-state index contributed by atoms with van der Waals surface area (Å²) in [6, 6.07) is 0. The molecular formula is C20H45NOP+. The summed E-state index contributed by atoms with van der Waals surface area (Å²) >= 11 is 0. The Morgan fingerprint density at radius 1 is 0.739 bits per heavy atom. The molecule has 140 valence electrons. The van der Waals surface area contributed by atoms with E-state index in [1.807, 2.05) is 0 Å². The van der Waals surface area contributed by atoms with Gasteiger partial charge in [0, 0.05) is 13.0 Å². The van der Waals surface area contributed by atoms with Gasteiger partial charge in [-0.3, -0.25) is 0 Å². The third kappa shape index (κ3) is 16.8. The summed E-state index contributed by atoms with van der Waals surface area (Å²) in [6.07, 6.45) is 20.9. The normalized spacial score (nSPS) is 13.4. The lowest BCUT2D eigenvalue weighted by Gasteiger charge is -2.30. The van der Waals surface area contributed by atoms with E-state index < -0.39 is 7.77 Å². The lowest BCUT2D eigenvalue weighted by atomic mass is 10.1. The number of rotatable bonds is 17. The van der Waals surface area contributed by atoms with Gasteiger partial charge in [-0.05, 0) is 33.7 Å². The van der Waals surface area contributed by atoms with Gasteiger partial charge >= 0.3 is 0 Å². The van der Waals surface area contributed by atoms with E-state index in [9.17, 15) is 0 Å². The van der Waals surface area contributed by atoms with E-state index in [0.29, 0.717) is 0 Å². The Balaban J connectivity index is 3.43. The van der Waals surface area contributed by atoms with Gasteiger partial charge in [0.05, 0.1) is 27.2 Å². The Bertz CT molecular complexity index is 279. The first-order chi connectivity index (χ1) is 11.0. The smallest absolute Gasteiger partial charge is 0.0786 e. The molecule has 3 heteroatoms. The summed E-state index contributed by atoms with van der Waals surface area (Å²) < 4.78 is 6.77. The molecule has 0 radical (unpaired) electrons. The van der Waals surface area contributed by atoms with Crippen LogP contribution in [0.5, 0.6) is 0 Å². The SMILES string of the molecule is C=[PH](CCC[N+](C)(C)CCCCCCCCCCCC)OCC. The molecule has 0 bridgehead atoms.